The van der Waals surface area contributed by atoms with Crippen LogP contribution < -0.4 is 10.1 Å². The van der Waals surface area contributed by atoms with E-state index in [2.05, 4.69) is 21.2 Å². The van der Waals surface area contributed by atoms with E-state index in [4.69, 9.17) is 14.5 Å². The standard InChI is InChI=1S/C43H65BrN4O6S/c1-31(47(5)42(52)54-43(2,3)4)39(50)46-37(32-21-15-14-16-22-32)41(51)48-27-20-25-36(48)40-45-35(30-55-40)38(49)33-23-19-24-34(29-33)53-28-18-13-11-9-7-6-8-10-12-17-26-44/h19,23-24,29-32,36-37H,6-18,20-22,25-28H2,1-5H3,(H,46,50)/t31?,36-,37?/m0/s1. The van der Waals surface area contributed by atoms with Gasteiger partial charge in [0.2, 0.25) is 17.6 Å². The zero-order valence-corrected chi connectivity index (χ0v) is 36.3. The molecule has 0 radical (unpaired) electrons. The lowest BCUT2D eigenvalue weighted by Crippen LogP contribution is -2.56. The van der Waals surface area contributed by atoms with Crippen LogP contribution in [0.5, 0.6) is 5.75 Å². The predicted octanol–water partition coefficient (Wildman–Crippen LogP) is 10.0. The fraction of sp³-hybridized carbons (Fsp3) is 0.698. The van der Waals surface area contributed by atoms with Crippen LogP contribution in [0.3, 0.4) is 0 Å². The van der Waals surface area contributed by atoms with Crippen LogP contribution in [0, 0.1) is 5.92 Å². The number of benzene rings is 1. The Balaban J connectivity index is 1.33. The van der Waals surface area contributed by atoms with Gasteiger partial charge in [0.1, 0.15) is 34.1 Å². The Morgan fingerprint density at radius 1 is 0.945 bits per heavy atom. The molecule has 306 valence electrons. The molecule has 0 spiro atoms. The number of alkyl halides is 1. The number of hydrogen-bond acceptors (Lipinski definition) is 8. The molecule has 2 heterocycles. The number of likely N-dealkylation sites (N-methyl/N-ethyl adjacent to an activating group) is 1. The second-order valence-electron chi connectivity index (χ2n) is 16.3. The van der Waals surface area contributed by atoms with Crippen LogP contribution in [0.4, 0.5) is 4.79 Å². The molecule has 2 unspecified atom stereocenters. The molecule has 3 amide bonds. The number of ether oxygens (including phenoxy) is 2. The molecule has 1 aliphatic heterocycles. The van der Waals surface area contributed by atoms with Crippen molar-refractivity contribution >= 4 is 51.0 Å². The van der Waals surface area contributed by atoms with Crippen LogP contribution in [0.25, 0.3) is 0 Å². The summed E-state index contributed by atoms with van der Waals surface area (Å²) in [5.41, 5.74) is 0.183. The lowest BCUT2D eigenvalue weighted by Gasteiger charge is -2.36. The smallest absolute Gasteiger partial charge is 0.410 e. The fourth-order valence-corrected chi connectivity index (χ4v) is 8.82. The minimum Gasteiger partial charge on any atom is -0.494 e. The molecule has 2 aliphatic rings. The molecule has 1 aromatic carbocycles. The first-order valence-electron chi connectivity index (χ1n) is 20.7. The minimum absolute atomic E-state index is 0.00196. The van der Waals surface area contributed by atoms with Crippen LogP contribution >= 0.6 is 27.3 Å². The summed E-state index contributed by atoms with van der Waals surface area (Å²) in [6.45, 7) is 8.16. The number of carbonyl (C=O) groups is 4. The van der Waals surface area contributed by atoms with Crippen LogP contribution in [-0.4, -0.2) is 81.7 Å². The number of ketones is 1. The lowest BCUT2D eigenvalue weighted by molar-refractivity contribution is -0.140. The maximum Gasteiger partial charge on any atom is 0.410 e. The fourth-order valence-electron chi connectivity index (χ4n) is 7.48. The molecule has 1 aromatic heterocycles. The van der Waals surface area contributed by atoms with Crippen LogP contribution in [0.1, 0.15) is 164 Å². The average molecular weight is 846 g/mol. The summed E-state index contributed by atoms with van der Waals surface area (Å²) in [6, 6.07) is 5.50. The van der Waals surface area contributed by atoms with E-state index < -0.39 is 23.8 Å². The van der Waals surface area contributed by atoms with E-state index in [1.165, 1.54) is 74.7 Å². The summed E-state index contributed by atoms with van der Waals surface area (Å²) in [5.74, 6) is -0.00779. The third-order valence-electron chi connectivity index (χ3n) is 10.8. The van der Waals surface area contributed by atoms with Crippen molar-refractivity contribution in [1.82, 2.24) is 20.1 Å². The number of carbonyl (C=O) groups excluding carboxylic acids is 4. The van der Waals surface area contributed by atoms with Crippen molar-refractivity contribution in [2.75, 3.05) is 25.5 Å². The minimum atomic E-state index is -0.831. The molecule has 1 aliphatic carbocycles. The van der Waals surface area contributed by atoms with Crippen molar-refractivity contribution in [2.24, 2.45) is 5.92 Å². The molecule has 4 rings (SSSR count). The second kappa shape index (κ2) is 22.7. The van der Waals surface area contributed by atoms with E-state index in [9.17, 15) is 19.2 Å². The first-order chi connectivity index (χ1) is 26.4. The third kappa shape index (κ3) is 14.2. The van der Waals surface area contributed by atoms with Gasteiger partial charge in [-0.1, -0.05) is 98.7 Å². The molecule has 10 nitrogen and oxygen atoms in total. The van der Waals surface area contributed by atoms with Gasteiger partial charge in [-0.2, -0.15) is 0 Å². The molecular formula is C43H65BrN4O6S. The number of unbranched alkanes of at least 4 members (excludes halogenated alkanes) is 9. The average Bonchev–Trinajstić information content (AvgIpc) is 3.87. The van der Waals surface area contributed by atoms with Crippen LogP contribution in [0.2, 0.25) is 0 Å². The summed E-state index contributed by atoms with van der Waals surface area (Å²) in [6.07, 6.45) is 18.3. The quantitative estimate of drug-likeness (QED) is 0.0755. The van der Waals surface area contributed by atoms with E-state index in [1.54, 1.807) is 45.2 Å². The third-order valence-corrected chi connectivity index (χ3v) is 12.3. The number of likely N-dealkylation sites (tertiary alicyclic amines) is 1. The highest BCUT2D eigenvalue weighted by molar-refractivity contribution is 9.09. The van der Waals surface area contributed by atoms with Crippen molar-refractivity contribution in [3.05, 3.63) is 45.9 Å². The lowest BCUT2D eigenvalue weighted by atomic mass is 9.83. The van der Waals surface area contributed by atoms with E-state index in [0.29, 0.717) is 30.2 Å². The monoisotopic (exact) mass is 844 g/mol. The Hall–Kier alpha value is -2.99. The number of nitrogens with zero attached hydrogens (tertiary/aromatic N) is 3. The summed E-state index contributed by atoms with van der Waals surface area (Å²) in [7, 11) is 1.54. The predicted molar refractivity (Wildman–Crippen MR) is 223 cm³/mol. The molecule has 2 fully saturated rings. The van der Waals surface area contributed by atoms with Crippen molar-refractivity contribution in [3.8, 4) is 5.75 Å². The Bertz CT molecular complexity index is 1520. The summed E-state index contributed by atoms with van der Waals surface area (Å²) < 4.78 is 11.5. The van der Waals surface area contributed by atoms with E-state index in [0.717, 1.165) is 68.1 Å². The Labute approximate surface area is 342 Å². The number of aromatic nitrogens is 1. The van der Waals surface area contributed by atoms with Crippen molar-refractivity contribution in [1.29, 1.82) is 0 Å². The zero-order chi connectivity index (χ0) is 39.8. The van der Waals surface area contributed by atoms with Gasteiger partial charge in [-0.25, -0.2) is 9.78 Å². The maximum atomic E-state index is 14.4. The molecular weight excluding hydrogens is 780 g/mol. The molecule has 55 heavy (non-hydrogen) atoms. The van der Waals surface area contributed by atoms with Gasteiger partial charge in [0.15, 0.2) is 0 Å². The molecule has 2 aromatic rings. The highest BCUT2D eigenvalue weighted by atomic mass is 79.9. The van der Waals surface area contributed by atoms with Gasteiger partial charge < -0.3 is 19.7 Å². The molecule has 3 atom stereocenters. The summed E-state index contributed by atoms with van der Waals surface area (Å²) in [4.78, 5) is 62.2. The highest BCUT2D eigenvalue weighted by Gasteiger charge is 2.41. The van der Waals surface area contributed by atoms with Crippen molar-refractivity contribution in [2.45, 2.75) is 161 Å². The first-order valence-corrected chi connectivity index (χ1v) is 22.8. The summed E-state index contributed by atoms with van der Waals surface area (Å²) in [5, 5.41) is 6.68. The van der Waals surface area contributed by atoms with Crippen LogP contribution in [-0.2, 0) is 14.3 Å². The largest absolute Gasteiger partial charge is 0.494 e. The number of halogens is 1. The molecule has 1 saturated carbocycles. The van der Waals surface area contributed by atoms with E-state index in [-0.39, 0.29) is 29.6 Å². The SMILES string of the molecule is CC(C(=O)NC(C(=O)N1CCC[C@H]1c1nc(C(=O)c2cccc(OCCCCCCCCCCCCBr)c2)cs1)C1CCCCC1)N(C)C(=O)OC(C)(C)C. The zero-order valence-electron chi connectivity index (χ0n) is 33.9. The number of nitrogens with one attached hydrogen (secondary N) is 1. The number of hydrogen-bond donors (Lipinski definition) is 1. The molecule has 1 N–H and O–H groups in total. The maximum absolute atomic E-state index is 14.4. The molecule has 1 saturated heterocycles. The van der Waals surface area contributed by atoms with E-state index >= 15 is 0 Å². The van der Waals surface area contributed by atoms with Crippen molar-refractivity contribution in [3.63, 3.8) is 0 Å². The van der Waals surface area contributed by atoms with E-state index in [1.807, 2.05) is 17.0 Å². The van der Waals surface area contributed by atoms with Gasteiger partial charge >= 0.3 is 6.09 Å². The van der Waals surface area contributed by atoms with Crippen molar-refractivity contribution < 1.29 is 28.7 Å². The van der Waals surface area contributed by atoms with Gasteiger partial charge in [0, 0.05) is 29.9 Å². The van der Waals surface area contributed by atoms with Crippen LogP contribution in [0.15, 0.2) is 29.6 Å². The van der Waals surface area contributed by atoms with Gasteiger partial charge in [-0.15, -0.1) is 11.3 Å². The Morgan fingerprint density at radius 3 is 2.25 bits per heavy atom. The number of rotatable bonds is 21. The van der Waals surface area contributed by atoms with Gasteiger partial charge in [0.25, 0.3) is 0 Å². The molecule has 0 bridgehead atoms. The normalized spacial score (nSPS) is 17.4. The molecule has 12 heteroatoms. The Morgan fingerprint density at radius 2 is 1.60 bits per heavy atom. The number of amides is 3. The Kier molecular flexibility index (Phi) is 18.4. The first kappa shape index (κ1) is 44.7. The second-order valence-corrected chi connectivity index (χ2v) is 18.0. The van der Waals surface area contributed by atoms with Gasteiger partial charge in [-0.3, -0.25) is 19.3 Å². The van der Waals surface area contributed by atoms with Gasteiger partial charge in [-0.05, 0) is 84.3 Å². The highest BCUT2D eigenvalue weighted by Crippen LogP contribution is 2.37. The summed E-state index contributed by atoms with van der Waals surface area (Å²) >= 11 is 4.90. The van der Waals surface area contributed by atoms with Gasteiger partial charge in [0.05, 0.1) is 12.6 Å². The topological polar surface area (TPSA) is 118 Å². The number of thiazole rings is 1.